The van der Waals surface area contributed by atoms with E-state index in [-0.39, 0.29) is 5.91 Å². The third-order valence-corrected chi connectivity index (χ3v) is 5.13. The fraction of sp³-hybridized carbons (Fsp3) is 0.353. The average molecular weight is 316 g/mol. The molecule has 1 aromatic heterocycles. The van der Waals surface area contributed by atoms with Crippen LogP contribution < -0.4 is 10.1 Å². The number of ether oxygens (including phenoxy) is 1. The molecule has 0 radical (unpaired) electrons. The quantitative estimate of drug-likeness (QED) is 0.941. The molecule has 0 aliphatic carbocycles. The van der Waals surface area contributed by atoms with E-state index in [0.717, 1.165) is 18.7 Å². The van der Waals surface area contributed by atoms with Crippen molar-refractivity contribution in [3.63, 3.8) is 0 Å². The summed E-state index contributed by atoms with van der Waals surface area (Å²) in [4.78, 5) is 16.0. The van der Waals surface area contributed by atoms with Crippen molar-refractivity contribution in [1.82, 2.24) is 4.90 Å². The van der Waals surface area contributed by atoms with E-state index in [4.69, 9.17) is 4.74 Å². The van der Waals surface area contributed by atoms with Crippen molar-refractivity contribution in [2.75, 3.05) is 25.5 Å². The molecular weight excluding hydrogens is 296 g/mol. The molecule has 1 unspecified atom stereocenters. The molecule has 0 fully saturated rings. The molecule has 5 heteroatoms. The molecule has 0 spiro atoms. The second-order valence-corrected chi connectivity index (χ2v) is 6.44. The molecule has 1 atom stereocenters. The Balaban J connectivity index is 1.65. The van der Waals surface area contributed by atoms with E-state index >= 15 is 0 Å². The molecule has 0 saturated carbocycles. The molecule has 1 aliphatic heterocycles. The minimum atomic E-state index is -0.00460. The van der Waals surface area contributed by atoms with E-state index in [0.29, 0.717) is 18.3 Å². The first-order valence-corrected chi connectivity index (χ1v) is 8.30. The Kier molecular flexibility index (Phi) is 4.45. The number of fused-ring (bicyclic) bond motifs is 1. The molecule has 1 aliphatic rings. The number of anilines is 1. The van der Waals surface area contributed by atoms with Crippen LogP contribution in [0.2, 0.25) is 0 Å². The van der Waals surface area contributed by atoms with Gasteiger partial charge in [-0.1, -0.05) is 12.1 Å². The maximum Gasteiger partial charge on any atom is 0.238 e. The zero-order valence-electron chi connectivity index (χ0n) is 12.8. The van der Waals surface area contributed by atoms with Crippen LogP contribution >= 0.6 is 11.3 Å². The van der Waals surface area contributed by atoms with Crippen molar-refractivity contribution in [3.8, 4) is 5.75 Å². The van der Waals surface area contributed by atoms with Gasteiger partial charge in [0.1, 0.15) is 5.75 Å². The predicted octanol–water partition coefficient (Wildman–Crippen LogP) is 3.31. The summed E-state index contributed by atoms with van der Waals surface area (Å²) in [7, 11) is 1.61. The predicted molar refractivity (Wildman–Crippen MR) is 89.6 cm³/mol. The van der Waals surface area contributed by atoms with Crippen LogP contribution in [0.5, 0.6) is 5.75 Å². The van der Waals surface area contributed by atoms with Gasteiger partial charge < -0.3 is 10.1 Å². The molecule has 0 saturated heterocycles. The summed E-state index contributed by atoms with van der Waals surface area (Å²) in [5.41, 5.74) is 2.08. The summed E-state index contributed by atoms with van der Waals surface area (Å²) in [6.07, 6.45) is 1.03. The van der Waals surface area contributed by atoms with Gasteiger partial charge in [-0.15, -0.1) is 11.3 Å². The van der Waals surface area contributed by atoms with Gasteiger partial charge in [0.15, 0.2) is 0 Å². The summed E-state index contributed by atoms with van der Waals surface area (Å²) in [5.74, 6) is 0.678. The van der Waals surface area contributed by atoms with Crippen LogP contribution in [0.15, 0.2) is 35.7 Å². The highest BCUT2D eigenvalue weighted by atomic mass is 32.1. The fourth-order valence-corrected chi connectivity index (χ4v) is 3.86. The molecule has 1 N–H and O–H groups in total. The maximum absolute atomic E-state index is 12.3. The van der Waals surface area contributed by atoms with E-state index in [2.05, 4.69) is 28.6 Å². The Hall–Kier alpha value is -1.85. The number of carbonyl (C=O) groups is 1. The van der Waals surface area contributed by atoms with Gasteiger partial charge in [0.2, 0.25) is 5.91 Å². The molecule has 0 bridgehead atoms. The summed E-state index contributed by atoms with van der Waals surface area (Å²) in [6.45, 7) is 3.49. The van der Waals surface area contributed by atoms with Gasteiger partial charge in [-0.25, -0.2) is 0 Å². The van der Waals surface area contributed by atoms with E-state index in [9.17, 15) is 4.79 Å². The second kappa shape index (κ2) is 6.50. The van der Waals surface area contributed by atoms with Crippen LogP contribution in [0.4, 0.5) is 5.69 Å². The first-order chi connectivity index (χ1) is 10.7. The second-order valence-electron chi connectivity index (χ2n) is 5.44. The Morgan fingerprint density at radius 2 is 2.23 bits per heavy atom. The zero-order valence-corrected chi connectivity index (χ0v) is 13.7. The van der Waals surface area contributed by atoms with Crippen LogP contribution in [0.1, 0.15) is 23.4 Å². The molecule has 22 heavy (non-hydrogen) atoms. The number of thiophene rings is 1. The van der Waals surface area contributed by atoms with Crippen LogP contribution in [0, 0.1) is 0 Å². The summed E-state index contributed by atoms with van der Waals surface area (Å²) in [6, 6.07) is 9.94. The van der Waals surface area contributed by atoms with Crippen LogP contribution in [-0.2, 0) is 11.2 Å². The lowest BCUT2D eigenvalue weighted by molar-refractivity contribution is -0.117. The van der Waals surface area contributed by atoms with Crippen LogP contribution in [0.3, 0.4) is 0 Å². The lowest BCUT2D eigenvalue weighted by Crippen LogP contribution is -2.39. The zero-order chi connectivity index (χ0) is 15.5. The number of benzene rings is 1. The van der Waals surface area contributed by atoms with Gasteiger partial charge >= 0.3 is 0 Å². The molecular formula is C17H20N2O2S. The summed E-state index contributed by atoms with van der Waals surface area (Å²) in [5, 5.41) is 5.08. The molecule has 116 valence electrons. The Bertz CT molecular complexity index is 668. The summed E-state index contributed by atoms with van der Waals surface area (Å²) < 4.78 is 5.27. The monoisotopic (exact) mass is 316 g/mol. The number of amides is 1. The Labute approximate surface area is 134 Å². The van der Waals surface area contributed by atoms with E-state index < -0.39 is 0 Å². The van der Waals surface area contributed by atoms with Crippen molar-refractivity contribution in [1.29, 1.82) is 0 Å². The van der Waals surface area contributed by atoms with Crippen molar-refractivity contribution in [2.24, 2.45) is 0 Å². The standard InChI is InChI=1S/C17H20N2O2S/c1-12-13-8-10-22-16(13)7-9-19(12)11-17(20)18-14-5-3-4-6-15(14)21-2/h3-6,8,10,12H,7,9,11H2,1-2H3,(H,18,20). The van der Waals surface area contributed by atoms with Gasteiger partial charge in [-0.2, -0.15) is 0 Å². The van der Waals surface area contributed by atoms with Crippen LogP contribution in [0.25, 0.3) is 0 Å². The van der Waals surface area contributed by atoms with Gasteiger partial charge in [0.25, 0.3) is 0 Å². The number of methoxy groups -OCH3 is 1. The minimum Gasteiger partial charge on any atom is -0.495 e. The number of nitrogens with zero attached hydrogens (tertiary/aromatic N) is 1. The lowest BCUT2D eigenvalue weighted by Gasteiger charge is -2.32. The molecule has 1 amide bonds. The minimum absolute atomic E-state index is 0.00460. The smallest absolute Gasteiger partial charge is 0.238 e. The number of nitrogens with one attached hydrogen (secondary N) is 1. The first-order valence-electron chi connectivity index (χ1n) is 7.42. The summed E-state index contributed by atoms with van der Waals surface area (Å²) >= 11 is 1.81. The van der Waals surface area contributed by atoms with Crippen molar-refractivity contribution in [3.05, 3.63) is 46.2 Å². The normalized spacial score (nSPS) is 17.8. The van der Waals surface area contributed by atoms with E-state index in [1.165, 1.54) is 10.4 Å². The third kappa shape index (κ3) is 3.00. The van der Waals surface area contributed by atoms with Gasteiger partial charge in [0.05, 0.1) is 19.3 Å². The average Bonchev–Trinajstić information content (AvgIpc) is 3.00. The lowest BCUT2D eigenvalue weighted by atomic mass is 10.0. The Morgan fingerprint density at radius 3 is 3.05 bits per heavy atom. The van der Waals surface area contributed by atoms with Gasteiger partial charge in [-0.3, -0.25) is 9.69 Å². The molecule has 3 rings (SSSR count). The molecule has 2 aromatic rings. The van der Waals surface area contributed by atoms with E-state index in [1.54, 1.807) is 7.11 Å². The number of hydrogen-bond donors (Lipinski definition) is 1. The highest BCUT2D eigenvalue weighted by Crippen LogP contribution is 2.32. The first kappa shape index (κ1) is 15.1. The van der Waals surface area contributed by atoms with Crippen molar-refractivity contribution in [2.45, 2.75) is 19.4 Å². The SMILES string of the molecule is COc1ccccc1NC(=O)CN1CCc2sccc2C1C. The van der Waals surface area contributed by atoms with E-state index in [1.807, 2.05) is 35.6 Å². The van der Waals surface area contributed by atoms with Crippen molar-refractivity contribution >= 4 is 22.9 Å². The Morgan fingerprint density at radius 1 is 1.41 bits per heavy atom. The van der Waals surface area contributed by atoms with Gasteiger partial charge in [0, 0.05) is 17.5 Å². The van der Waals surface area contributed by atoms with Gasteiger partial charge in [-0.05, 0) is 42.5 Å². The maximum atomic E-state index is 12.3. The molecule has 4 nitrogen and oxygen atoms in total. The topological polar surface area (TPSA) is 41.6 Å². The third-order valence-electron chi connectivity index (χ3n) is 4.13. The number of rotatable bonds is 4. The van der Waals surface area contributed by atoms with Crippen LogP contribution in [-0.4, -0.2) is 31.0 Å². The highest BCUT2D eigenvalue weighted by molar-refractivity contribution is 7.10. The fourth-order valence-electron chi connectivity index (χ4n) is 2.90. The largest absolute Gasteiger partial charge is 0.495 e. The number of carbonyl (C=O) groups excluding carboxylic acids is 1. The van der Waals surface area contributed by atoms with Crippen molar-refractivity contribution < 1.29 is 9.53 Å². The number of para-hydroxylation sites is 2. The molecule has 2 heterocycles. The molecule has 1 aromatic carbocycles. The highest BCUT2D eigenvalue weighted by Gasteiger charge is 2.26. The number of hydrogen-bond acceptors (Lipinski definition) is 4.